The van der Waals surface area contributed by atoms with Crippen molar-refractivity contribution in [2.75, 3.05) is 25.2 Å². The van der Waals surface area contributed by atoms with E-state index in [0.717, 1.165) is 12.5 Å². The van der Waals surface area contributed by atoms with Gasteiger partial charge in [0.05, 0.1) is 21.2 Å². The van der Waals surface area contributed by atoms with Gasteiger partial charge in [0, 0.05) is 42.8 Å². The Morgan fingerprint density at radius 1 is 1.36 bits per heavy atom. The second kappa shape index (κ2) is 9.85. The molecule has 3 aromatic rings. The van der Waals surface area contributed by atoms with Crippen LogP contribution in [0.25, 0.3) is 21.5 Å². The van der Waals surface area contributed by atoms with Crippen LogP contribution in [0.1, 0.15) is 12.0 Å². The minimum Gasteiger partial charge on any atom is -0.397 e. The van der Waals surface area contributed by atoms with Crippen molar-refractivity contribution >= 4 is 45.8 Å². The molecule has 0 saturated carbocycles. The molecule has 0 radical (unpaired) electrons. The number of aromatic nitrogens is 2. The number of nitrogens with zero attached hydrogens (tertiary/aromatic N) is 2. The Bertz CT molecular complexity index is 918. The van der Waals surface area contributed by atoms with Crippen LogP contribution in [-0.4, -0.2) is 36.2 Å². The lowest BCUT2D eigenvalue weighted by Gasteiger charge is -2.11. The Labute approximate surface area is 168 Å². The minimum absolute atomic E-state index is 0.0237. The van der Waals surface area contributed by atoms with E-state index in [4.69, 9.17) is 15.3 Å². The van der Waals surface area contributed by atoms with Crippen LogP contribution >= 0.6 is 23.1 Å². The second-order valence-corrected chi connectivity index (χ2v) is 7.84. The molecule has 0 saturated heterocycles. The maximum absolute atomic E-state index is 13.6. The summed E-state index contributed by atoms with van der Waals surface area (Å²) in [6.07, 6.45) is -0.684. The number of halogens is 3. The Balaban J connectivity index is 0.00000136. The van der Waals surface area contributed by atoms with Crippen LogP contribution in [0, 0.1) is 0 Å². The number of nitrogens with two attached hydrogens (primary N) is 1. The molecular weight excluding hydrogens is 411 g/mol. The maximum Gasteiger partial charge on any atom is 0.417 e. The highest BCUT2D eigenvalue weighted by molar-refractivity contribution is 8.01. The molecule has 0 aliphatic heterocycles. The molecule has 0 unspecified atom stereocenters. The van der Waals surface area contributed by atoms with Crippen molar-refractivity contribution in [3.05, 3.63) is 36.2 Å². The van der Waals surface area contributed by atoms with Crippen molar-refractivity contribution in [1.29, 1.82) is 0 Å². The van der Waals surface area contributed by atoms with Gasteiger partial charge < -0.3 is 15.3 Å². The fraction of sp³-hybridized carbons (Fsp3) is 0.278. The number of ether oxygens (including phenoxy) is 1. The highest BCUT2D eigenvalue weighted by atomic mass is 32.2. The number of nitrogen functional groups attached to an aromatic ring is 1. The SMILES string of the molecule is C=O.COCCCSc1sc2nc(-c3cccnc3)cc(C(F)(F)F)c2c1N. The summed E-state index contributed by atoms with van der Waals surface area (Å²) < 4.78 is 46.6. The van der Waals surface area contributed by atoms with E-state index in [-0.39, 0.29) is 21.6 Å². The normalized spacial score (nSPS) is 11.3. The molecule has 5 nitrogen and oxygen atoms in total. The number of hydrogen-bond donors (Lipinski definition) is 1. The highest BCUT2D eigenvalue weighted by Crippen LogP contribution is 2.46. The van der Waals surface area contributed by atoms with Crippen molar-refractivity contribution in [3.63, 3.8) is 0 Å². The van der Waals surface area contributed by atoms with E-state index in [1.54, 1.807) is 25.4 Å². The molecule has 28 heavy (non-hydrogen) atoms. The molecule has 0 aliphatic carbocycles. The summed E-state index contributed by atoms with van der Waals surface area (Å²) in [5, 5.41) is -0.0237. The van der Waals surface area contributed by atoms with Gasteiger partial charge in [0.2, 0.25) is 0 Å². The average Bonchev–Trinajstić information content (AvgIpc) is 3.02. The number of carbonyl (C=O) groups is 1. The molecule has 0 fully saturated rings. The van der Waals surface area contributed by atoms with E-state index >= 15 is 0 Å². The summed E-state index contributed by atoms with van der Waals surface area (Å²) in [5.74, 6) is 0.710. The summed E-state index contributed by atoms with van der Waals surface area (Å²) in [6.45, 7) is 2.59. The Morgan fingerprint density at radius 2 is 2.11 bits per heavy atom. The first-order valence-corrected chi connectivity index (χ1v) is 9.83. The van der Waals surface area contributed by atoms with Gasteiger partial charge in [-0.15, -0.1) is 23.1 Å². The Hall–Kier alpha value is -2.17. The van der Waals surface area contributed by atoms with Crippen LogP contribution in [0.15, 0.2) is 34.8 Å². The zero-order valence-electron chi connectivity index (χ0n) is 15.0. The zero-order valence-corrected chi connectivity index (χ0v) is 16.6. The standard InChI is InChI=1S/C17H16F3N3OS2.CH2O/c1-24-6-3-7-25-16-14(21)13-11(17(18,19)20)8-12(23-15(13)26-16)10-4-2-5-22-9-10;1-2/h2,4-5,8-9H,3,6-7,21H2,1H3;1H2. The van der Waals surface area contributed by atoms with Crippen LogP contribution in [0.5, 0.6) is 0 Å². The van der Waals surface area contributed by atoms with E-state index in [9.17, 15) is 13.2 Å². The number of thiophene rings is 1. The molecule has 3 heterocycles. The molecule has 3 rings (SSSR count). The number of carbonyl (C=O) groups excluding carboxylic acids is 1. The van der Waals surface area contributed by atoms with E-state index in [1.807, 2.05) is 6.79 Å². The zero-order chi connectivity index (χ0) is 20.7. The maximum atomic E-state index is 13.6. The summed E-state index contributed by atoms with van der Waals surface area (Å²) in [6, 6.07) is 4.38. The molecule has 2 N–H and O–H groups in total. The molecule has 0 amide bonds. The summed E-state index contributed by atoms with van der Waals surface area (Å²) in [5.41, 5.74) is 6.18. The number of methoxy groups -OCH3 is 1. The molecule has 0 atom stereocenters. The van der Waals surface area contributed by atoms with E-state index in [1.165, 1.54) is 29.3 Å². The number of rotatable bonds is 6. The second-order valence-electron chi connectivity index (χ2n) is 5.47. The molecule has 0 aliphatic rings. The van der Waals surface area contributed by atoms with Crippen LogP contribution < -0.4 is 5.73 Å². The molecule has 10 heteroatoms. The predicted molar refractivity (Wildman–Crippen MR) is 107 cm³/mol. The fourth-order valence-electron chi connectivity index (χ4n) is 2.46. The monoisotopic (exact) mass is 429 g/mol. The molecule has 0 bridgehead atoms. The number of thioether (sulfide) groups is 1. The quantitative estimate of drug-likeness (QED) is 0.443. The van der Waals surface area contributed by atoms with Gasteiger partial charge in [0.15, 0.2) is 0 Å². The van der Waals surface area contributed by atoms with Crippen LogP contribution in [0.4, 0.5) is 18.9 Å². The summed E-state index contributed by atoms with van der Waals surface area (Å²) >= 11 is 2.61. The van der Waals surface area contributed by atoms with Gasteiger partial charge in [-0.05, 0) is 24.6 Å². The number of fused-ring (bicyclic) bond motifs is 1. The van der Waals surface area contributed by atoms with E-state index in [0.29, 0.717) is 22.1 Å². The Kier molecular flexibility index (Phi) is 7.78. The van der Waals surface area contributed by atoms with Gasteiger partial charge in [-0.1, -0.05) is 0 Å². The summed E-state index contributed by atoms with van der Waals surface area (Å²) in [7, 11) is 1.61. The topological polar surface area (TPSA) is 78.1 Å². The van der Waals surface area contributed by atoms with Gasteiger partial charge in [0.1, 0.15) is 11.6 Å². The third-order valence-corrected chi connectivity index (χ3v) is 6.13. The third-order valence-electron chi connectivity index (χ3n) is 3.65. The van der Waals surface area contributed by atoms with Crippen LogP contribution in [-0.2, 0) is 15.7 Å². The van der Waals surface area contributed by atoms with Crippen molar-refractivity contribution in [1.82, 2.24) is 9.97 Å². The van der Waals surface area contributed by atoms with E-state index < -0.39 is 11.7 Å². The first-order chi connectivity index (χ1) is 13.4. The fourth-order valence-corrected chi connectivity index (χ4v) is 4.74. The van der Waals surface area contributed by atoms with Crippen molar-refractivity contribution < 1.29 is 22.7 Å². The van der Waals surface area contributed by atoms with Gasteiger partial charge in [-0.25, -0.2) is 4.98 Å². The lowest BCUT2D eigenvalue weighted by molar-refractivity contribution is -0.136. The summed E-state index contributed by atoms with van der Waals surface area (Å²) in [4.78, 5) is 16.6. The average molecular weight is 429 g/mol. The predicted octanol–water partition coefficient (Wildman–Crippen LogP) is 4.90. The van der Waals surface area contributed by atoms with Crippen molar-refractivity contribution in [2.24, 2.45) is 0 Å². The first-order valence-electron chi connectivity index (χ1n) is 8.03. The molecule has 0 spiro atoms. The number of alkyl halides is 3. The number of pyridine rings is 2. The van der Waals surface area contributed by atoms with Gasteiger partial charge in [0.25, 0.3) is 0 Å². The molecule has 3 aromatic heterocycles. The highest BCUT2D eigenvalue weighted by Gasteiger charge is 2.35. The lowest BCUT2D eigenvalue weighted by atomic mass is 10.1. The van der Waals surface area contributed by atoms with Crippen LogP contribution in [0.2, 0.25) is 0 Å². The van der Waals surface area contributed by atoms with Crippen molar-refractivity contribution in [2.45, 2.75) is 16.8 Å². The smallest absolute Gasteiger partial charge is 0.397 e. The number of anilines is 1. The molecule has 150 valence electrons. The third kappa shape index (κ3) is 5.00. The minimum atomic E-state index is -4.52. The van der Waals surface area contributed by atoms with Gasteiger partial charge in [-0.2, -0.15) is 13.2 Å². The molecule has 0 aromatic carbocycles. The van der Waals surface area contributed by atoms with Crippen molar-refractivity contribution in [3.8, 4) is 11.3 Å². The molecular formula is C18H18F3N3O2S2. The first kappa shape index (κ1) is 22.1. The van der Waals surface area contributed by atoms with Crippen LogP contribution in [0.3, 0.4) is 0 Å². The number of hydrogen-bond acceptors (Lipinski definition) is 7. The lowest BCUT2D eigenvalue weighted by Crippen LogP contribution is -2.07. The largest absolute Gasteiger partial charge is 0.417 e. The Morgan fingerprint density at radius 3 is 2.71 bits per heavy atom. The van der Waals surface area contributed by atoms with Gasteiger partial charge >= 0.3 is 6.18 Å². The van der Waals surface area contributed by atoms with E-state index in [2.05, 4.69) is 9.97 Å². The van der Waals surface area contributed by atoms with Gasteiger partial charge in [-0.3, -0.25) is 4.98 Å².